The number of nitrogens with two attached hydrogens (primary N) is 1. The van der Waals surface area contributed by atoms with Gasteiger partial charge in [0.05, 0.1) is 13.2 Å². The Bertz CT molecular complexity index is 321. The van der Waals surface area contributed by atoms with Crippen molar-refractivity contribution in [3.05, 3.63) is 0 Å². The highest BCUT2D eigenvalue weighted by atomic mass is 16.5. The van der Waals surface area contributed by atoms with Crippen molar-refractivity contribution in [2.24, 2.45) is 5.73 Å². The van der Waals surface area contributed by atoms with Gasteiger partial charge in [0.1, 0.15) is 6.04 Å². The van der Waals surface area contributed by atoms with Crippen molar-refractivity contribution in [1.82, 2.24) is 10.2 Å². The lowest BCUT2D eigenvalue weighted by Crippen LogP contribution is -2.56. The molecule has 1 aliphatic rings. The zero-order valence-electron chi connectivity index (χ0n) is 12.6. The summed E-state index contributed by atoms with van der Waals surface area (Å²) in [5.41, 5.74) is 5.68. The molecule has 2 unspecified atom stereocenters. The largest absolute Gasteiger partial charge is 0.377 e. The number of ether oxygens (including phenoxy) is 1. The average Bonchev–Trinajstić information content (AvgIpc) is 2.44. The predicted molar refractivity (Wildman–Crippen MR) is 77.1 cm³/mol. The number of carbonyl (C=O) groups excluding carboxylic acids is 2. The van der Waals surface area contributed by atoms with Crippen LogP contribution in [-0.4, -0.2) is 55.1 Å². The highest BCUT2D eigenvalue weighted by Crippen LogP contribution is 2.11. The number of morpholine rings is 1. The quantitative estimate of drug-likeness (QED) is 0.702. The molecule has 6 heteroatoms. The van der Waals surface area contributed by atoms with E-state index in [0.717, 1.165) is 19.3 Å². The van der Waals surface area contributed by atoms with Crippen molar-refractivity contribution < 1.29 is 14.3 Å². The first kappa shape index (κ1) is 16.9. The number of amides is 2. The molecule has 0 aliphatic carbocycles. The van der Waals surface area contributed by atoms with Crippen LogP contribution >= 0.6 is 0 Å². The molecule has 2 atom stereocenters. The fraction of sp³-hybridized carbons (Fsp3) is 0.857. The summed E-state index contributed by atoms with van der Waals surface area (Å²) in [4.78, 5) is 25.9. The second kappa shape index (κ2) is 8.92. The second-order valence-electron chi connectivity index (χ2n) is 5.34. The smallest absolute Gasteiger partial charge is 0.245 e. The molecule has 0 bridgehead atoms. The Morgan fingerprint density at radius 2 is 2.25 bits per heavy atom. The lowest BCUT2D eigenvalue weighted by Gasteiger charge is -2.34. The maximum absolute atomic E-state index is 12.2. The van der Waals surface area contributed by atoms with E-state index in [4.69, 9.17) is 10.5 Å². The van der Waals surface area contributed by atoms with E-state index in [1.165, 1.54) is 0 Å². The fourth-order valence-electron chi connectivity index (χ4n) is 2.20. The van der Waals surface area contributed by atoms with Crippen molar-refractivity contribution in [2.75, 3.05) is 26.3 Å². The third-order valence-corrected chi connectivity index (χ3v) is 3.35. The molecule has 0 aromatic carbocycles. The van der Waals surface area contributed by atoms with Gasteiger partial charge in [-0.3, -0.25) is 9.59 Å². The summed E-state index contributed by atoms with van der Waals surface area (Å²) in [5, 5.41) is 2.83. The maximum atomic E-state index is 12.2. The zero-order chi connectivity index (χ0) is 15.0. The number of hydrogen-bond acceptors (Lipinski definition) is 4. The minimum atomic E-state index is -0.488. The Hall–Kier alpha value is -1.14. The molecule has 1 rings (SSSR count). The summed E-state index contributed by atoms with van der Waals surface area (Å²) < 4.78 is 5.33. The van der Waals surface area contributed by atoms with E-state index in [0.29, 0.717) is 26.1 Å². The number of nitrogens with zero attached hydrogens (tertiary/aromatic N) is 1. The van der Waals surface area contributed by atoms with Crippen molar-refractivity contribution >= 4 is 11.8 Å². The molecule has 1 heterocycles. The van der Waals surface area contributed by atoms with E-state index in [9.17, 15) is 9.59 Å². The fourth-order valence-corrected chi connectivity index (χ4v) is 2.20. The maximum Gasteiger partial charge on any atom is 0.245 e. The van der Waals surface area contributed by atoms with E-state index in [1.54, 1.807) is 4.90 Å². The third kappa shape index (κ3) is 5.46. The molecular weight excluding hydrogens is 258 g/mol. The van der Waals surface area contributed by atoms with Gasteiger partial charge in [0.15, 0.2) is 0 Å². The summed E-state index contributed by atoms with van der Waals surface area (Å²) in [7, 11) is 0. The van der Waals surface area contributed by atoms with Gasteiger partial charge in [0.2, 0.25) is 11.8 Å². The van der Waals surface area contributed by atoms with Crippen LogP contribution in [0.3, 0.4) is 0 Å². The Morgan fingerprint density at radius 1 is 1.50 bits per heavy atom. The summed E-state index contributed by atoms with van der Waals surface area (Å²) in [6.07, 6.45) is 2.90. The van der Waals surface area contributed by atoms with Gasteiger partial charge in [0, 0.05) is 25.6 Å². The standard InChI is InChI=1S/C14H27N3O3/c1-3-7-16-14(19)12-10-20-9-8-17(12)13(18)6-4-5-11(2)15/h11-12H,3-10,15H2,1-2H3,(H,16,19). The Labute approximate surface area is 121 Å². The first-order valence-corrected chi connectivity index (χ1v) is 7.46. The van der Waals surface area contributed by atoms with E-state index < -0.39 is 6.04 Å². The van der Waals surface area contributed by atoms with Crippen LogP contribution in [0.1, 0.15) is 39.5 Å². The van der Waals surface area contributed by atoms with Gasteiger partial charge in [-0.1, -0.05) is 6.92 Å². The molecule has 116 valence electrons. The molecule has 1 fully saturated rings. The SMILES string of the molecule is CCCNC(=O)C1COCCN1C(=O)CCCC(C)N. The highest BCUT2D eigenvalue weighted by molar-refractivity contribution is 5.88. The molecule has 0 aromatic rings. The van der Waals surface area contributed by atoms with Crippen LogP contribution in [0, 0.1) is 0 Å². The molecule has 2 amide bonds. The molecule has 3 N–H and O–H groups in total. The molecule has 1 saturated heterocycles. The van der Waals surface area contributed by atoms with Crippen LogP contribution in [0.4, 0.5) is 0 Å². The van der Waals surface area contributed by atoms with Crippen molar-refractivity contribution in [1.29, 1.82) is 0 Å². The van der Waals surface area contributed by atoms with Crippen LogP contribution < -0.4 is 11.1 Å². The van der Waals surface area contributed by atoms with Crippen LogP contribution in [0.15, 0.2) is 0 Å². The topological polar surface area (TPSA) is 84.7 Å². The molecule has 0 spiro atoms. The van der Waals surface area contributed by atoms with Gasteiger partial charge < -0.3 is 20.7 Å². The summed E-state index contributed by atoms with van der Waals surface area (Å²) in [6, 6.07) is -0.380. The van der Waals surface area contributed by atoms with Crippen LogP contribution in [-0.2, 0) is 14.3 Å². The van der Waals surface area contributed by atoms with Crippen LogP contribution in [0.5, 0.6) is 0 Å². The number of carbonyl (C=O) groups is 2. The normalized spacial score (nSPS) is 20.6. The van der Waals surface area contributed by atoms with E-state index >= 15 is 0 Å². The van der Waals surface area contributed by atoms with Gasteiger partial charge in [-0.25, -0.2) is 0 Å². The number of rotatable bonds is 7. The van der Waals surface area contributed by atoms with Gasteiger partial charge in [0.25, 0.3) is 0 Å². The minimum Gasteiger partial charge on any atom is -0.377 e. The van der Waals surface area contributed by atoms with Crippen LogP contribution in [0.2, 0.25) is 0 Å². The third-order valence-electron chi connectivity index (χ3n) is 3.35. The minimum absolute atomic E-state index is 0.0191. The monoisotopic (exact) mass is 285 g/mol. The molecule has 1 aliphatic heterocycles. The average molecular weight is 285 g/mol. The van der Waals surface area contributed by atoms with Crippen molar-refractivity contribution in [3.63, 3.8) is 0 Å². The predicted octanol–water partition coefficient (Wildman–Crippen LogP) is 0.258. The lowest BCUT2D eigenvalue weighted by molar-refractivity contribution is -0.148. The molecule has 0 saturated carbocycles. The van der Waals surface area contributed by atoms with E-state index in [1.807, 2.05) is 13.8 Å². The zero-order valence-corrected chi connectivity index (χ0v) is 12.6. The summed E-state index contributed by atoms with van der Waals surface area (Å²) >= 11 is 0. The Morgan fingerprint density at radius 3 is 2.90 bits per heavy atom. The molecule has 20 heavy (non-hydrogen) atoms. The highest BCUT2D eigenvalue weighted by Gasteiger charge is 2.32. The molecule has 0 aromatic heterocycles. The van der Waals surface area contributed by atoms with E-state index in [2.05, 4.69) is 5.32 Å². The first-order chi connectivity index (χ1) is 9.56. The number of hydrogen-bond donors (Lipinski definition) is 2. The van der Waals surface area contributed by atoms with E-state index in [-0.39, 0.29) is 24.5 Å². The Balaban J connectivity index is 2.50. The first-order valence-electron chi connectivity index (χ1n) is 7.46. The Kier molecular flexibility index (Phi) is 7.54. The van der Waals surface area contributed by atoms with Gasteiger partial charge in [-0.2, -0.15) is 0 Å². The molecular formula is C14H27N3O3. The number of nitrogens with one attached hydrogen (secondary N) is 1. The van der Waals surface area contributed by atoms with Gasteiger partial charge >= 0.3 is 0 Å². The van der Waals surface area contributed by atoms with Crippen molar-refractivity contribution in [2.45, 2.75) is 51.6 Å². The lowest BCUT2D eigenvalue weighted by atomic mass is 10.1. The molecule has 6 nitrogen and oxygen atoms in total. The van der Waals surface area contributed by atoms with Crippen molar-refractivity contribution in [3.8, 4) is 0 Å². The second-order valence-corrected chi connectivity index (χ2v) is 5.34. The van der Waals surface area contributed by atoms with Crippen LogP contribution in [0.25, 0.3) is 0 Å². The summed E-state index contributed by atoms with van der Waals surface area (Å²) in [5.74, 6) is -0.0994. The molecule has 0 radical (unpaired) electrons. The van der Waals surface area contributed by atoms with Gasteiger partial charge in [-0.05, 0) is 26.2 Å². The van der Waals surface area contributed by atoms with Gasteiger partial charge in [-0.15, -0.1) is 0 Å². The summed E-state index contributed by atoms with van der Waals surface area (Å²) in [6.45, 7) is 5.82.